The van der Waals surface area contributed by atoms with E-state index in [-0.39, 0.29) is 16.9 Å². The van der Waals surface area contributed by atoms with Crippen LogP contribution < -0.4 is 10.2 Å². The van der Waals surface area contributed by atoms with Gasteiger partial charge < -0.3 is 13.9 Å². The maximum Gasteiger partial charge on any atom is 0.346 e. The molecule has 2 aromatic carbocycles. The van der Waals surface area contributed by atoms with Crippen molar-refractivity contribution in [2.24, 2.45) is 0 Å². The first-order valence-corrected chi connectivity index (χ1v) is 7.47. The molecule has 1 unspecified atom stereocenters. The fourth-order valence-electron chi connectivity index (χ4n) is 2.40. The van der Waals surface area contributed by atoms with Gasteiger partial charge in [0.1, 0.15) is 5.58 Å². The van der Waals surface area contributed by atoms with Crippen LogP contribution >= 0.6 is 0 Å². The van der Waals surface area contributed by atoms with Crippen LogP contribution in [0.2, 0.25) is 0 Å². The van der Waals surface area contributed by atoms with Gasteiger partial charge in [-0.2, -0.15) is 0 Å². The average Bonchev–Trinajstić information content (AvgIpc) is 2.63. The Kier molecular flexibility index (Phi) is 4.33. The van der Waals surface area contributed by atoms with Gasteiger partial charge in [0, 0.05) is 5.56 Å². The zero-order valence-electron chi connectivity index (χ0n) is 13.3. The minimum absolute atomic E-state index is 0.00204. The maximum atomic E-state index is 12.8. The lowest BCUT2D eigenvalue weighted by molar-refractivity contribution is -0.147. The van der Waals surface area contributed by atoms with Gasteiger partial charge in [0.25, 0.3) is 0 Å². The lowest BCUT2D eigenvalue weighted by Crippen LogP contribution is -2.27. The van der Waals surface area contributed by atoms with Crippen molar-refractivity contribution < 1.29 is 18.7 Å². The van der Waals surface area contributed by atoms with Crippen LogP contribution in [0.3, 0.4) is 0 Å². The summed E-state index contributed by atoms with van der Waals surface area (Å²) in [4.78, 5) is 24.5. The van der Waals surface area contributed by atoms with Gasteiger partial charge in [0.15, 0.2) is 11.9 Å². The van der Waals surface area contributed by atoms with Gasteiger partial charge in [-0.15, -0.1) is 0 Å². The zero-order chi connectivity index (χ0) is 17.1. The van der Waals surface area contributed by atoms with E-state index in [0.717, 1.165) is 0 Å². The summed E-state index contributed by atoms with van der Waals surface area (Å²) in [6, 6.07) is 16.1. The van der Waals surface area contributed by atoms with Crippen LogP contribution in [0.15, 0.2) is 63.8 Å². The molecular formula is C19H16O5. The summed E-state index contributed by atoms with van der Waals surface area (Å²) < 4.78 is 16.2. The molecule has 3 rings (SSSR count). The van der Waals surface area contributed by atoms with Gasteiger partial charge in [-0.1, -0.05) is 42.5 Å². The fraction of sp³-hybridized carbons (Fsp3) is 0.158. The molecule has 5 heteroatoms. The molecule has 0 aliphatic rings. The molecule has 0 saturated heterocycles. The number of carbonyl (C=O) groups is 1. The number of carbonyl (C=O) groups excluding carboxylic acids is 1. The number of methoxy groups -OCH3 is 1. The van der Waals surface area contributed by atoms with Crippen molar-refractivity contribution in [2.45, 2.75) is 13.0 Å². The monoisotopic (exact) mass is 324 g/mol. The second-order valence-corrected chi connectivity index (χ2v) is 5.23. The van der Waals surface area contributed by atoms with Crippen molar-refractivity contribution in [3.63, 3.8) is 0 Å². The summed E-state index contributed by atoms with van der Waals surface area (Å²) >= 11 is 0. The third-order valence-electron chi connectivity index (χ3n) is 3.62. The Hall–Kier alpha value is -3.08. The molecule has 0 aliphatic carbocycles. The van der Waals surface area contributed by atoms with Crippen LogP contribution in [0, 0.1) is 0 Å². The van der Waals surface area contributed by atoms with E-state index in [1.807, 2.05) is 30.3 Å². The number of esters is 1. The van der Waals surface area contributed by atoms with E-state index in [9.17, 15) is 9.59 Å². The predicted octanol–water partition coefficient (Wildman–Crippen LogP) is 3.40. The van der Waals surface area contributed by atoms with Crippen LogP contribution in [0.25, 0.3) is 22.3 Å². The smallest absolute Gasteiger partial charge is 0.346 e. The normalized spacial score (nSPS) is 11.9. The molecule has 24 heavy (non-hydrogen) atoms. The second kappa shape index (κ2) is 6.58. The molecule has 122 valence electrons. The Morgan fingerprint density at radius 2 is 1.71 bits per heavy atom. The van der Waals surface area contributed by atoms with Crippen LogP contribution in [0.1, 0.15) is 6.92 Å². The number of hydrogen-bond acceptors (Lipinski definition) is 5. The molecule has 3 aromatic rings. The van der Waals surface area contributed by atoms with Gasteiger partial charge >= 0.3 is 5.97 Å². The Labute approximate surface area is 138 Å². The van der Waals surface area contributed by atoms with Crippen LogP contribution in [0.5, 0.6) is 5.75 Å². The quantitative estimate of drug-likeness (QED) is 0.688. The number of hydrogen-bond donors (Lipinski definition) is 0. The van der Waals surface area contributed by atoms with E-state index in [1.165, 1.54) is 14.0 Å². The minimum atomic E-state index is -0.929. The summed E-state index contributed by atoms with van der Waals surface area (Å²) in [5.74, 6) is -0.283. The van der Waals surface area contributed by atoms with Crippen LogP contribution in [-0.4, -0.2) is 19.2 Å². The van der Waals surface area contributed by atoms with E-state index < -0.39 is 12.1 Å². The molecule has 5 nitrogen and oxygen atoms in total. The lowest BCUT2D eigenvalue weighted by Gasteiger charge is -2.15. The summed E-state index contributed by atoms with van der Waals surface area (Å²) in [6.45, 7) is 1.52. The SMILES string of the molecule is COC(=O)C(C)Oc1c(-c2ccccc2)oc2ccccc2c1=O. The molecule has 0 bridgehead atoms. The summed E-state index contributed by atoms with van der Waals surface area (Å²) in [6.07, 6.45) is -0.929. The molecular weight excluding hydrogens is 308 g/mol. The van der Waals surface area contributed by atoms with Crippen molar-refractivity contribution in [1.82, 2.24) is 0 Å². The van der Waals surface area contributed by atoms with E-state index in [0.29, 0.717) is 16.5 Å². The fourth-order valence-corrected chi connectivity index (χ4v) is 2.40. The van der Waals surface area contributed by atoms with Crippen molar-refractivity contribution >= 4 is 16.9 Å². The Morgan fingerprint density at radius 1 is 1.04 bits per heavy atom. The Morgan fingerprint density at radius 3 is 2.42 bits per heavy atom. The maximum absolute atomic E-state index is 12.8. The zero-order valence-corrected chi connectivity index (χ0v) is 13.3. The first kappa shape index (κ1) is 15.8. The van der Waals surface area contributed by atoms with Gasteiger partial charge in [-0.3, -0.25) is 4.79 Å². The molecule has 1 atom stereocenters. The number of benzene rings is 2. The van der Waals surface area contributed by atoms with Crippen LogP contribution in [0.4, 0.5) is 0 Å². The standard InChI is InChI=1S/C19H16O5/c1-12(19(21)22-2)23-18-16(20)14-10-6-7-11-15(14)24-17(18)13-8-4-3-5-9-13/h3-12H,1-2H3. The number of para-hydroxylation sites is 1. The Balaban J connectivity index is 2.22. The summed E-state index contributed by atoms with van der Waals surface area (Å²) in [5, 5.41) is 0.393. The first-order valence-electron chi connectivity index (χ1n) is 7.47. The molecule has 0 saturated carbocycles. The summed E-state index contributed by atoms with van der Waals surface area (Å²) in [5.41, 5.74) is 0.818. The third-order valence-corrected chi connectivity index (χ3v) is 3.62. The largest absolute Gasteiger partial charge is 0.471 e. The number of fused-ring (bicyclic) bond motifs is 1. The lowest BCUT2D eigenvalue weighted by atomic mass is 10.1. The van der Waals surface area contributed by atoms with Crippen molar-refractivity contribution in [1.29, 1.82) is 0 Å². The molecule has 1 heterocycles. The topological polar surface area (TPSA) is 65.7 Å². The van der Waals surface area contributed by atoms with Gasteiger partial charge in [0.05, 0.1) is 12.5 Å². The highest BCUT2D eigenvalue weighted by molar-refractivity contribution is 5.82. The van der Waals surface area contributed by atoms with Crippen molar-refractivity contribution in [2.75, 3.05) is 7.11 Å². The van der Waals surface area contributed by atoms with Crippen molar-refractivity contribution in [3.05, 3.63) is 64.8 Å². The number of rotatable bonds is 4. The molecule has 1 aromatic heterocycles. The highest BCUT2D eigenvalue weighted by Gasteiger charge is 2.23. The van der Waals surface area contributed by atoms with E-state index in [1.54, 1.807) is 24.3 Å². The molecule has 0 N–H and O–H groups in total. The predicted molar refractivity (Wildman–Crippen MR) is 90.0 cm³/mol. The van der Waals surface area contributed by atoms with Crippen LogP contribution in [-0.2, 0) is 9.53 Å². The minimum Gasteiger partial charge on any atom is -0.471 e. The highest BCUT2D eigenvalue weighted by atomic mass is 16.6. The van der Waals surface area contributed by atoms with Gasteiger partial charge in [-0.25, -0.2) is 4.79 Å². The van der Waals surface area contributed by atoms with E-state index >= 15 is 0 Å². The molecule has 0 spiro atoms. The van der Waals surface area contributed by atoms with E-state index in [4.69, 9.17) is 9.15 Å². The first-order chi connectivity index (χ1) is 11.6. The van der Waals surface area contributed by atoms with Gasteiger partial charge in [-0.05, 0) is 19.1 Å². The molecule has 0 fully saturated rings. The highest BCUT2D eigenvalue weighted by Crippen LogP contribution is 2.31. The Bertz CT molecular complexity index is 927. The van der Waals surface area contributed by atoms with Gasteiger partial charge in [0.2, 0.25) is 11.2 Å². The molecule has 0 radical (unpaired) electrons. The average molecular weight is 324 g/mol. The summed E-state index contributed by atoms with van der Waals surface area (Å²) in [7, 11) is 1.27. The van der Waals surface area contributed by atoms with Crippen molar-refractivity contribution in [3.8, 4) is 17.1 Å². The number of ether oxygens (including phenoxy) is 2. The second-order valence-electron chi connectivity index (χ2n) is 5.23. The molecule has 0 aliphatic heterocycles. The third kappa shape index (κ3) is 2.88. The van der Waals surface area contributed by atoms with E-state index in [2.05, 4.69) is 4.74 Å². The molecule has 0 amide bonds.